The van der Waals surface area contributed by atoms with Gasteiger partial charge < -0.3 is 4.74 Å². The maximum absolute atomic E-state index is 13.1. The molecule has 132 valence electrons. The fourth-order valence-corrected chi connectivity index (χ4v) is 3.97. The second-order valence-electron chi connectivity index (χ2n) is 7.04. The minimum atomic E-state index is 0.0478. The van der Waals surface area contributed by atoms with Crippen LogP contribution in [0, 0.1) is 13.8 Å². The zero-order chi connectivity index (χ0) is 18.5. The fraction of sp³-hybridized carbons (Fsp3) is 0.125. The first-order chi connectivity index (χ1) is 13.1. The lowest BCUT2D eigenvalue weighted by Crippen LogP contribution is -2.14. The Bertz CT molecular complexity index is 1350. The molecule has 2 heterocycles. The summed E-state index contributed by atoms with van der Waals surface area (Å²) in [4.78, 5) is 13.1. The predicted molar refractivity (Wildman–Crippen MR) is 110 cm³/mol. The van der Waals surface area contributed by atoms with Gasteiger partial charge in [0.05, 0.1) is 5.52 Å². The second kappa shape index (κ2) is 5.85. The average molecular weight is 353 g/mol. The monoisotopic (exact) mass is 353 g/mol. The number of nitrogens with zero attached hydrogens (tertiary/aromatic N) is 1. The normalized spacial score (nSPS) is 11.6. The molecule has 0 spiro atoms. The molecule has 0 radical (unpaired) electrons. The van der Waals surface area contributed by atoms with E-state index >= 15 is 0 Å². The average Bonchev–Trinajstić information content (AvgIpc) is 2.97. The summed E-state index contributed by atoms with van der Waals surface area (Å²) in [6.45, 7) is 4.60. The van der Waals surface area contributed by atoms with Crippen molar-refractivity contribution in [1.82, 2.24) is 4.40 Å². The Morgan fingerprint density at radius 2 is 1.48 bits per heavy atom. The van der Waals surface area contributed by atoms with Crippen LogP contribution in [0.1, 0.15) is 16.8 Å². The highest BCUT2D eigenvalue weighted by Crippen LogP contribution is 2.35. The van der Waals surface area contributed by atoms with Crippen LogP contribution >= 0.6 is 0 Å². The molecule has 0 saturated carbocycles. The molecule has 3 nitrogen and oxygen atoms in total. The van der Waals surface area contributed by atoms with Crippen LogP contribution in [0.15, 0.2) is 71.5 Å². The Balaban J connectivity index is 1.78. The predicted octanol–water partition coefficient (Wildman–Crippen LogP) is 5.24. The van der Waals surface area contributed by atoms with Crippen molar-refractivity contribution in [3.05, 3.63) is 93.9 Å². The molecule has 0 fully saturated rings. The van der Waals surface area contributed by atoms with Crippen LogP contribution in [0.2, 0.25) is 0 Å². The maximum atomic E-state index is 13.1. The number of rotatable bonds is 3. The molecule has 0 aliphatic carbocycles. The number of pyridine rings is 1. The highest BCUT2D eigenvalue weighted by Gasteiger charge is 2.18. The Kier molecular flexibility index (Phi) is 3.44. The van der Waals surface area contributed by atoms with E-state index in [0.717, 1.165) is 49.6 Å². The quantitative estimate of drug-likeness (QED) is 0.415. The van der Waals surface area contributed by atoms with Crippen molar-refractivity contribution < 1.29 is 4.74 Å². The molecule has 0 amide bonds. The summed E-state index contributed by atoms with van der Waals surface area (Å²) >= 11 is 0. The maximum Gasteiger partial charge on any atom is 0.263 e. The van der Waals surface area contributed by atoms with E-state index in [0.29, 0.717) is 6.61 Å². The van der Waals surface area contributed by atoms with Crippen LogP contribution in [0.5, 0.6) is 5.75 Å². The van der Waals surface area contributed by atoms with Crippen molar-refractivity contribution in [2.75, 3.05) is 0 Å². The van der Waals surface area contributed by atoms with Crippen LogP contribution in [-0.2, 0) is 6.61 Å². The lowest BCUT2D eigenvalue weighted by molar-refractivity contribution is 0.307. The van der Waals surface area contributed by atoms with E-state index in [1.165, 1.54) is 0 Å². The summed E-state index contributed by atoms with van der Waals surface area (Å²) < 4.78 is 7.97. The molecule has 0 atom stereocenters. The summed E-state index contributed by atoms with van der Waals surface area (Å²) in [5, 5.41) is 3.85. The summed E-state index contributed by atoms with van der Waals surface area (Å²) in [6.07, 6.45) is 0. The van der Waals surface area contributed by atoms with E-state index in [9.17, 15) is 4.79 Å². The van der Waals surface area contributed by atoms with Gasteiger partial charge in [-0.15, -0.1) is 0 Å². The Hall–Kier alpha value is -3.33. The number of hydrogen-bond donors (Lipinski definition) is 0. The highest BCUT2D eigenvalue weighted by atomic mass is 16.5. The number of hydrogen-bond acceptors (Lipinski definition) is 2. The molecule has 5 rings (SSSR count). The molecule has 3 heteroatoms. The van der Waals surface area contributed by atoms with Gasteiger partial charge in [0.1, 0.15) is 12.4 Å². The zero-order valence-electron chi connectivity index (χ0n) is 15.3. The van der Waals surface area contributed by atoms with Crippen LogP contribution < -0.4 is 10.3 Å². The lowest BCUT2D eigenvalue weighted by Gasteiger charge is -2.11. The van der Waals surface area contributed by atoms with Crippen LogP contribution in [0.4, 0.5) is 0 Å². The molecular formula is C24H19NO2. The van der Waals surface area contributed by atoms with E-state index in [1.807, 2.05) is 53.8 Å². The molecule has 0 bridgehead atoms. The molecule has 5 aromatic rings. The first kappa shape index (κ1) is 15.9. The number of fused-ring (bicyclic) bond motifs is 2. The van der Waals surface area contributed by atoms with Gasteiger partial charge in [-0.25, -0.2) is 0 Å². The molecule has 0 aliphatic rings. The van der Waals surface area contributed by atoms with Crippen molar-refractivity contribution in [2.45, 2.75) is 20.5 Å². The summed E-state index contributed by atoms with van der Waals surface area (Å²) in [7, 11) is 0. The second-order valence-corrected chi connectivity index (χ2v) is 7.04. The van der Waals surface area contributed by atoms with Gasteiger partial charge in [0.15, 0.2) is 0 Å². The molecular weight excluding hydrogens is 334 g/mol. The van der Waals surface area contributed by atoms with Crippen LogP contribution in [0.25, 0.3) is 27.1 Å². The standard InChI is InChI=1S/C24H19NO2/c1-15-16(2)25-23-21(15)12-18(27-14-17-8-4-3-5-9-17)13-22(23)19-10-6-7-11-20(19)24(25)26/h3-13H,14H2,1-2H3. The smallest absolute Gasteiger partial charge is 0.263 e. The van der Waals surface area contributed by atoms with Crippen molar-refractivity contribution >= 4 is 27.1 Å². The van der Waals surface area contributed by atoms with Gasteiger partial charge in [-0.2, -0.15) is 0 Å². The first-order valence-corrected chi connectivity index (χ1v) is 9.11. The topological polar surface area (TPSA) is 30.7 Å². The first-order valence-electron chi connectivity index (χ1n) is 9.11. The fourth-order valence-electron chi connectivity index (χ4n) is 3.97. The third-order valence-electron chi connectivity index (χ3n) is 5.49. The summed E-state index contributed by atoms with van der Waals surface area (Å²) in [6, 6.07) is 22.1. The summed E-state index contributed by atoms with van der Waals surface area (Å²) in [5.74, 6) is 0.825. The Labute approximate surface area is 156 Å². The van der Waals surface area contributed by atoms with Gasteiger partial charge in [-0.3, -0.25) is 9.20 Å². The highest BCUT2D eigenvalue weighted by molar-refractivity contribution is 6.13. The zero-order valence-corrected chi connectivity index (χ0v) is 15.3. The number of ether oxygens (including phenoxy) is 1. The molecule has 0 saturated heterocycles. The number of aromatic nitrogens is 1. The van der Waals surface area contributed by atoms with E-state index < -0.39 is 0 Å². The Morgan fingerprint density at radius 3 is 2.26 bits per heavy atom. The van der Waals surface area contributed by atoms with E-state index in [1.54, 1.807) is 0 Å². The van der Waals surface area contributed by atoms with E-state index in [4.69, 9.17) is 4.74 Å². The van der Waals surface area contributed by atoms with Gasteiger partial charge in [0.25, 0.3) is 5.56 Å². The van der Waals surface area contributed by atoms with Crippen LogP contribution in [-0.4, -0.2) is 4.40 Å². The lowest BCUT2D eigenvalue weighted by atomic mass is 10.0. The molecule has 3 aromatic carbocycles. The molecule has 27 heavy (non-hydrogen) atoms. The van der Waals surface area contributed by atoms with Crippen molar-refractivity contribution in [3.63, 3.8) is 0 Å². The van der Waals surface area contributed by atoms with Crippen molar-refractivity contribution in [2.24, 2.45) is 0 Å². The molecule has 0 aliphatic heterocycles. The minimum Gasteiger partial charge on any atom is -0.489 e. The van der Waals surface area contributed by atoms with Crippen molar-refractivity contribution in [1.29, 1.82) is 0 Å². The van der Waals surface area contributed by atoms with Crippen LogP contribution in [0.3, 0.4) is 0 Å². The van der Waals surface area contributed by atoms with E-state index in [2.05, 4.69) is 31.2 Å². The third-order valence-corrected chi connectivity index (χ3v) is 5.49. The van der Waals surface area contributed by atoms with Crippen molar-refractivity contribution in [3.8, 4) is 5.75 Å². The van der Waals surface area contributed by atoms with Gasteiger partial charge >= 0.3 is 0 Å². The SMILES string of the molecule is Cc1c(C)n2c(=O)c3ccccc3c3cc(OCc4ccccc4)cc1c32. The van der Waals surface area contributed by atoms with Gasteiger partial charge in [-0.1, -0.05) is 48.5 Å². The largest absolute Gasteiger partial charge is 0.489 e. The van der Waals surface area contributed by atoms with Gasteiger partial charge in [0, 0.05) is 21.9 Å². The number of aryl methyl sites for hydroxylation is 2. The molecule has 0 N–H and O–H groups in total. The van der Waals surface area contributed by atoms with E-state index in [-0.39, 0.29) is 5.56 Å². The minimum absolute atomic E-state index is 0.0478. The molecule has 2 aromatic heterocycles. The summed E-state index contributed by atoms with van der Waals surface area (Å²) in [5.41, 5.74) is 4.28. The third kappa shape index (κ3) is 2.32. The van der Waals surface area contributed by atoms with Gasteiger partial charge in [0.2, 0.25) is 0 Å². The number of benzene rings is 3. The Morgan fingerprint density at radius 1 is 0.815 bits per heavy atom. The van der Waals surface area contributed by atoms with Gasteiger partial charge in [-0.05, 0) is 48.6 Å². The molecule has 0 unspecified atom stereocenters.